The van der Waals surface area contributed by atoms with Crippen LogP contribution in [0.15, 0.2) is 45.6 Å². The second-order valence-corrected chi connectivity index (χ2v) is 13.1. The molecule has 1 atom stereocenters. The minimum absolute atomic E-state index is 0.0290. The lowest BCUT2D eigenvalue weighted by Crippen LogP contribution is -2.48. The molecule has 4 aromatic rings. The van der Waals surface area contributed by atoms with E-state index in [1.807, 2.05) is 66.7 Å². The Balaban J connectivity index is 0.00000226. The Morgan fingerprint density at radius 3 is 2.31 bits per heavy atom. The number of aromatic nitrogens is 1. The number of rotatable bonds is 7. The van der Waals surface area contributed by atoms with Crippen molar-refractivity contribution in [3.05, 3.63) is 84.8 Å². The van der Waals surface area contributed by atoms with E-state index in [1.165, 1.54) is 0 Å². The highest BCUT2D eigenvalue weighted by atomic mass is 35.5. The van der Waals surface area contributed by atoms with Crippen LogP contribution in [0.3, 0.4) is 0 Å². The first kappa shape index (κ1) is 34.7. The molecule has 0 saturated carbocycles. The Labute approximate surface area is 275 Å². The van der Waals surface area contributed by atoms with Gasteiger partial charge in [-0.25, -0.2) is 4.98 Å². The van der Waals surface area contributed by atoms with Crippen molar-refractivity contribution >= 4 is 58.7 Å². The Kier molecular flexibility index (Phi) is 10.9. The van der Waals surface area contributed by atoms with E-state index in [0.29, 0.717) is 64.2 Å². The summed E-state index contributed by atoms with van der Waals surface area (Å²) >= 11 is 13.2. The molecule has 3 heterocycles. The lowest BCUT2D eigenvalue weighted by atomic mass is 9.73. The fraction of sp³-hybridized carbons (Fsp3) is 0.400. The molecule has 10 heteroatoms. The average Bonchev–Trinajstić information content (AvgIpc) is 3.00. The van der Waals surface area contributed by atoms with Crippen LogP contribution in [0.25, 0.3) is 22.2 Å². The van der Waals surface area contributed by atoms with Crippen molar-refractivity contribution in [1.29, 1.82) is 0 Å². The Bertz CT molecular complexity index is 1780. The summed E-state index contributed by atoms with van der Waals surface area (Å²) in [7, 11) is -0.701. The molecule has 0 spiro atoms. The van der Waals surface area contributed by atoms with Crippen LogP contribution in [-0.2, 0) is 9.31 Å². The molecule has 1 saturated heterocycles. The van der Waals surface area contributed by atoms with Gasteiger partial charge in [0.2, 0.25) is 0 Å². The molecule has 5 rings (SSSR count). The second-order valence-electron chi connectivity index (χ2n) is 12.4. The highest BCUT2D eigenvalue weighted by Crippen LogP contribution is 2.37. The third kappa shape index (κ3) is 7.15. The molecule has 1 aliphatic heterocycles. The van der Waals surface area contributed by atoms with E-state index in [1.54, 1.807) is 18.2 Å². The number of carbonyl (C=O) groups is 1. The molecular weight excluding hydrogens is 610 g/mol. The largest absolute Gasteiger partial charge is 0.494 e. The van der Waals surface area contributed by atoms with Gasteiger partial charge in [0.05, 0.1) is 27.8 Å². The molecule has 1 N–H and O–H groups in total. The third-order valence-corrected chi connectivity index (χ3v) is 8.36. The Hall–Kier alpha value is -3.17. The molecule has 2 aromatic heterocycles. The SMILES string of the molecule is CC.Cc1cc(C(C)Nc2ccc(Cl)nc2-c2ccc(B3OCC(C)(C)CO3)c(C=O)c2Cl)c2oc(C(C)C)c(C)c(=O)c2c1. The Morgan fingerprint density at radius 1 is 1.02 bits per heavy atom. The molecule has 45 heavy (non-hydrogen) atoms. The lowest BCUT2D eigenvalue weighted by molar-refractivity contribution is 0.0342. The molecule has 2 aromatic carbocycles. The molecule has 238 valence electrons. The van der Waals surface area contributed by atoms with Crippen LogP contribution in [0, 0.1) is 19.3 Å². The highest BCUT2D eigenvalue weighted by Gasteiger charge is 2.36. The molecule has 0 amide bonds. The number of carbonyl (C=O) groups excluding carboxylic acids is 1. The van der Waals surface area contributed by atoms with Crippen molar-refractivity contribution in [2.75, 3.05) is 18.5 Å². The van der Waals surface area contributed by atoms with Gasteiger partial charge in [0.15, 0.2) is 11.7 Å². The van der Waals surface area contributed by atoms with Gasteiger partial charge in [0.25, 0.3) is 0 Å². The molecule has 7 nitrogen and oxygen atoms in total. The van der Waals surface area contributed by atoms with Gasteiger partial charge in [0.1, 0.15) is 16.5 Å². The van der Waals surface area contributed by atoms with Gasteiger partial charge in [-0.1, -0.05) is 82.9 Å². The van der Waals surface area contributed by atoms with Crippen molar-refractivity contribution in [2.45, 2.75) is 74.3 Å². The summed E-state index contributed by atoms with van der Waals surface area (Å²) in [6, 6.07) is 10.7. The number of halogens is 2. The summed E-state index contributed by atoms with van der Waals surface area (Å²) in [4.78, 5) is 30.2. The van der Waals surface area contributed by atoms with Crippen molar-refractivity contribution in [3.63, 3.8) is 0 Å². The first-order chi connectivity index (χ1) is 21.3. The Morgan fingerprint density at radius 2 is 1.69 bits per heavy atom. The van der Waals surface area contributed by atoms with Crippen LogP contribution < -0.4 is 16.2 Å². The minimum atomic E-state index is -0.701. The predicted molar refractivity (Wildman–Crippen MR) is 186 cm³/mol. The molecule has 1 aliphatic rings. The third-order valence-electron chi connectivity index (χ3n) is 7.74. The number of anilines is 1. The normalized spacial score (nSPS) is 15.1. The van der Waals surface area contributed by atoms with Crippen LogP contribution in [0.5, 0.6) is 0 Å². The summed E-state index contributed by atoms with van der Waals surface area (Å²) in [6.45, 7) is 18.9. The number of aryl methyl sites for hydroxylation is 1. The van der Waals surface area contributed by atoms with E-state index in [0.717, 1.165) is 11.1 Å². The first-order valence-corrected chi connectivity index (χ1v) is 16.1. The number of hydrogen-bond donors (Lipinski definition) is 1. The number of benzene rings is 2. The van der Waals surface area contributed by atoms with E-state index < -0.39 is 7.12 Å². The average molecular weight is 651 g/mol. The van der Waals surface area contributed by atoms with Crippen LogP contribution in [0.1, 0.15) is 93.2 Å². The van der Waals surface area contributed by atoms with Crippen LogP contribution >= 0.6 is 23.2 Å². The summed E-state index contributed by atoms with van der Waals surface area (Å²) in [5.41, 5.74) is 5.27. The number of aldehydes is 1. The van der Waals surface area contributed by atoms with E-state index in [-0.39, 0.29) is 38.5 Å². The summed E-state index contributed by atoms with van der Waals surface area (Å²) in [5.74, 6) is 0.723. The number of nitrogens with one attached hydrogen (secondary N) is 1. The van der Waals surface area contributed by atoms with Crippen molar-refractivity contribution in [1.82, 2.24) is 4.98 Å². The van der Waals surface area contributed by atoms with E-state index in [4.69, 9.17) is 36.9 Å². The maximum atomic E-state index is 13.3. The molecular formula is C35H41BCl2N2O5. The van der Waals surface area contributed by atoms with Crippen LogP contribution in [0.2, 0.25) is 10.2 Å². The smallest absolute Gasteiger partial charge is 0.460 e. The summed E-state index contributed by atoms with van der Waals surface area (Å²) in [5, 5.41) is 4.56. The fourth-order valence-corrected chi connectivity index (χ4v) is 5.97. The van der Waals surface area contributed by atoms with Crippen molar-refractivity contribution < 1.29 is 18.5 Å². The van der Waals surface area contributed by atoms with Gasteiger partial charge in [0, 0.05) is 46.8 Å². The van der Waals surface area contributed by atoms with Gasteiger partial charge in [-0.2, -0.15) is 0 Å². The zero-order valence-electron chi connectivity index (χ0n) is 27.4. The minimum Gasteiger partial charge on any atom is -0.460 e. The van der Waals surface area contributed by atoms with Gasteiger partial charge in [-0.05, 0) is 50.0 Å². The van der Waals surface area contributed by atoms with Gasteiger partial charge >= 0.3 is 7.12 Å². The summed E-state index contributed by atoms with van der Waals surface area (Å²) < 4.78 is 18.2. The van der Waals surface area contributed by atoms with Crippen molar-refractivity contribution in [2.24, 2.45) is 5.41 Å². The van der Waals surface area contributed by atoms with Gasteiger partial charge in [-0.15, -0.1) is 0 Å². The zero-order valence-corrected chi connectivity index (χ0v) is 28.9. The quantitative estimate of drug-likeness (QED) is 0.122. The first-order valence-electron chi connectivity index (χ1n) is 15.3. The number of hydrogen-bond acceptors (Lipinski definition) is 7. The molecule has 0 aliphatic carbocycles. The summed E-state index contributed by atoms with van der Waals surface area (Å²) in [6.07, 6.45) is 0.711. The fourth-order valence-electron chi connectivity index (χ4n) is 5.51. The standard InChI is InChI=1S/C33H35BCl2N2O5.C2H6/c1-17(2)31-19(4)30(40)23-13-18(3)12-22(32(23)43-31)20(5)37-26-10-11-27(35)38-29(26)21-8-9-25(24(14-39)28(21)36)34-41-15-33(6,7)16-42-34;1-2/h8-14,17,20,37H,15-16H2,1-7H3;1-2H3. The monoisotopic (exact) mass is 650 g/mol. The molecule has 0 radical (unpaired) electrons. The predicted octanol–water partition coefficient (Wildman–Crippen LogP) is 8.68. The number of nitrogens with zero attached hydrogens (tertiary/aromatic N) is 1. The topological polar surface area (TPSA) is 90.7 Å². The lowest BCUT2D eigenvalue weighted by Gasteiger charge is -2.33. The maximum absolute atomic E-state index is 13.3. The number of fused-ring (bicyclic) bond motifs is 1. The van der Waals surface area contributed by atoms with Crippen LogP contribution in [-0.4, -0.2) is 31.6 Å². The molecule has 1 unspecified atom stereocenters. The zero-order chi connectivity index (χ0) is 33.2. The maximum Gasteiger partial charge on any atom is 0.494 e. The highest BCUT2D eigenvalue weighted by molar-refractivity contribution is 6.63. The second kappa shape index (κ2) is 14.1. The van der Waals surface area contributed by atoms with E-state index >= 15 is 0 Å². The van der Waals surface area contributed by atoms with Gasteiger partial charge in [-0.3, -0.25) is 9.59 Å². The van der Waals surface area contributed by atoms with E-state index in [2.05, 4.69) is 24.1 Å². The molecule has 1 fully saturated rings. The van der Waals surface area contributed by atoms with Crippen LogP contribution in [0.4, 0.5) is 5.69 Å². The number of pyridine rings is 1. The van der Waals surface area contributed by atoms with Crippen molar-refractivity contribution in [3.8, 4) is 11.3 Å². The van der Waals surface area contributed by atoms with Gasteiger partial charge < -0.3 is 19.0 Å². The molecule has 0 bridgehead atoms. The van der Waals surface area contributed by atoms with E-state index in [9.17, 15) is 9.59 Å².